The summed E-state index contributed by atoms with van der Waals surface area (Å²) in [6.45, 7) is 7.62. The number of benzene rings is 2. The second kappa shape index (κ2) is 8.23. The van der Waals surface area contributed by atoms with Crippen LogP contribution in [0.5, 0.6) is 5.75 Å². The van der Waals surface area contributed by atoms with E-state index in [9.17, 15) is 9.18 Å². The molecule has 1 unspecified atom stereocenters. The van der Waals surface area contributed by atoms with E-state index in [1.54, 1.807) is 6.07 Å². The van der Waals surface area contributed by atoms with E-state index in [-0.39, 0.29) is 29.5 Å². The van der Waals surface area contributed by atoms with Crippen molar-refractivity contribution in [3.8, 4) is 16.9 Å². The smallest absolute Gasteiger partial charge is 0.407 e. The van der Waals surface area contributed by atoms with Crippen molar-refractivity contribution in [3.05, 3.63) is 52.8 Å². The van der Waals surface area contributed by atoms with Crippen molar-refractivity contribution in [2.75, 3.05) is 26.2 Å². The van der Waals surface area contributed by atoms with Gasteiger partial charge in [-0.05, 0) is 61.7 Å². The maximum Gasteiger partial charge on any atom is 0.407 e. The Morgan fingerprint density at radius 3 is 2.69 bits per heavy atom. The largest absolute Gasteiger partial charge is 0.493 e. The van der Waals surface area contributed by atoms with Crippen LogP contribution < -0.4 is 10.1 Å². The molecule has 4 aliphatic rings. The number of nitrogens with one attached hydrogen (secondary N) is 1. The minimum Gasteiger partial charge on any atom is -0.493 e. The Bertz CT molecular complexity index is 1040. The number of ether oxygens (including phenoxy) is 2. The second-order valence-electron chi connectivity index (χ2n) is 9.81. The molecule has 5 nitrogen and oxygen atoms in total. The molecular weight excluding hydrogens is 431 g/mol. The van der Waals surface area contributed by atoms with Crippen molar-refractivity contribution in [2.24, 2.45) is 11.3 Å². The molecule has 170 valence electrons. The van der Waals surface area contributed by atoms with Gasteiger partial charge in [-0.25, -0.2) is 9.18 Å². The normalized spacial score (nSPS) is 27.9. The third kappa shape index (κ3) is 4.06. The van der Waals surface area contributed by atoms with Crippen LogP contribution in [0.2, 0.25) is 5.02 Å². The van der Waals surface area contributed by atoms with Crippen molar-refractivity contribution in [3.63, 3.8) is 0 Å². The fraction of sp³-hybridized carbons (Fsp3) is 0.480. The van der Waals surface area contributed by atoms with Crippen molar-refractivity contribution >= 4 is 17.7 Å². The summed E-state index contributed by atoms with van der Waals surface area (Å²) < 4.78 is 25.4. The lowest BCUT2D eigenvalue weighted by Gasteiger charge is -2.44. The number of hydrogen-bond acceptors (Lipinski definition) is 4. The SMILES string of the molecule is CC1(C)COc2cc(-c3ccc(F)cc3Cl)ccc2C1NC(=O)O[C@@H]1CN2CCC1CC2. The molecule has 1 amide bonds. The van der Waals surface area contributed by atoms with Gasteiger partial charge in [-0.15, -0.1) is 0 Å². The number of piperidine rings is 3. The van der Waals surface area contributed by atoms with E-state index in [2.05, 4.69) is 24.1 Å². The van der Waals surface area contributed by atoms with Crippen LogP contribution in [0.1, 0.15) is 38.3 Å². The van der Waals surface area contributed by atoms with Gasteiger partial charge in [-0.3, -0.25) is 4.90 Å². The molecule has 4 heterocycles. The van der Waals surface area contributed by atoms with Crippen LogP contribution in [0.15, 0.2) is 36.4 Å². The van der Waals surface area contributed by atoms with Crippen molar-refractivity contribution in [2.45, 2.75) is 38.8 Å². The van der Waals surface area contributed by atoms with Gasteiger partial charge in [0.05, 0.1) is 17.7 Å². The van der Waals surface area contributed by atoms with E-state index in [1.165, 1.54) is 12.1 Å². The van der Waals surface area contributed by atoms with Gasteiger partial charge in [-0.1, -0.05) is 37.6 Å². The van der Waals surface area contributed by atoms with Crippen LogP contribution in [0.4, 0.5) is 9.18 Å². The molecule has 0 radical (unpaired) electrons. The Hall–Kier alpha value is -2.31. The lowest BCUT2D eigenvalue weighted by atomic mass is 9.78. The zero-order chi connectivity index (χ0) is 22.5. The summed E-state index contributed by atoms with van der Waals surface area (Å²) in [6.07, 6.45) is 1.78. The number of halogens is 2. The molecule has 0 aromatic heterocycles. The zero-order valence-corrected chi connectivity index (χ0v) is 19.1. The van der Waals surface area contributed by atoms with Gasteiger partial charge < -0.3 is 14.8 Å². The molecule has 3 saturated heterocycles. The number of fused-ring (bicyclic) bond motifs is 4. The highest BCUT2D eigenvalue weighted by Crippen LogP contribution is 2.45. The third-order valence-electron chi connectivity index (χ3n) is 7.06. The first-order chi connectivity index (χ1) is 15.3. The molecular formula is C25H28ClFN2O3. The maximum atomic E-state index is 13.4. The summed E-state index contributed by atoms with van der Waals surface area (Å²) in [5, 5.41) is 3.46. The minimum atomic E-state index is -0.375. The van der Waals surface area contributed by atoms with Crippen LogP contribution in [0, 0.1) is 17.2 Å². The first-order valence-electron chi connectivity index (χ1n) is 11.2. The van der Waals surface area contributed by atoms with Crippen LogP contribution in [-0.4, -0.2) is 43.3 Å². The fourth-order valence-corrected chi connectivity index (χ4v) is 5.44. The Labute approximate surface area is 192 Å². The molecule has 2 aromatic carbocycles. The minimum absolute atomic E-state index is 0.0390. The van der Waals surface area contributed by atoms with Crippen LogP contribution in [0.25, 0.3) is 11.1 Å². The molecule has 0 saturated carbocycles. The first-order valence-corrected chi connectivity index (χ1v) is 11.6. The van der Waals surface area contributed by atoms with E-state index < -0.39 is 0 Å². The lowest BCUT2D eigenvalue weighted by Crippen LogP contribution is -2.53. The number of alkyl carbamates (subject to hydrolysis) is 1. The van der Waals surface area contributed by atoms with E-state index in [1.807, 2.05) is 18.2 Å². The van der Waals surface area contributed by atoms with E-state index in [0.29, 0.717) is 23.3 Å². The third-order valence-corrected chi connectivity index (χ3v) is 7.38. The summed E-state index contributed by atoms with van der Waals surface area (Å²) in [5.74, 6) is 0.777. The highest BCUT2D eigenvalue weighted by atomic mass is 35.5. The summed E-state index contributed by atoms with van der Waals surface area (Å²) >= 11 is 6.25. The number of carbonyl (C=O) groups excluding carboxylic acids is 1. The first kappa shape index (κ1) is 21.5. The topological polar surface area (TPSA) is 50.8 Å². The average Bonchev–Trinajstić information content (AvgIpc) is 2.76. The van der Waals surface area contributed by atoms with Crippen molar-refractivity contribution in [1.29, 1.82) is 0 Å². The summed E-state index contributed by atoms with van der Waals surface area (Å²) in [7, 11) is 0. The molecule has 0 spiro atoms. The molecule has 4 aliphatic heterocycles. The molecule has 2 atom stereocenters. The molecule has 6 rings (SSSR count). The van der Waals surface area contributed by atoms with Gasteiger partial charge >= 0.3 is 6.09 Å². The average molecular weight is 459 g/mol. The summed E-state index contributed by atoms with van der Waals surface area (Å²) in [5.41, 5.74) is 2.16. The van der Waals surface area contributed by atoms with E-state index >= 15 is 0 Å². The second-order valence-corrected chi connectivity index (χ2v) is 10.2. The van der Waals surface area contributed by atoms with E-state index in [0.717, 1.165) is 49.2 Å². The summed E-state index contributed by atoms with van der Waals surface area (Å²) in [6, 6.07) is 9.87. The van der Waals surface area contributed by atoms with Gasteiger partial charge in [0.2, 0.25) is 0 Å². The van der Waals surface area contributed by atoms with Gasteiger partial charge in [0.25, 0.3) is 0 Å². The lowest BCUT2D eigenvalue weighted by molar-refractivity contribution is -0.0361. The molecule has 32 heavy (non-hydrogen) atoms. The van der Waals surface area contributed by atoms with Crippen LogP contribution in [0.3, 0.4) is 0 Å². The number of amides is 1. The monoisotopic (exact) mass is 458 g/mol. The van der Waals surface area contributed by atoms with Gasteiger partial charge in [0, 0.05) is 23.1 Å². The Morgan fingerprint density at radius 1 is 1.22 bits per heavy atom. The number of rotatable bonds is 3. The zero-order valence-electron chi connectivity index (χ0n) is 18.4. The molecule has 1 N–H and O–H groups in total. The van der Waals surface area contributed by atoms with Crippen molar-refractivity contribution < 1.29 is 18.7 Å². The molecule has 0 aliphatic carbocycles. The van der Waals surface area contributed by atoms with Crippen LogP contribution in [-0.2, 0) is 4.74 Å². The van der Waals surface area contributed by atoms with Crippen molar-refractivity contribution in [1.82, 2.24) is 10.2 Å². The molecule has 2 aromatic rings. The molecule has 3 fully saturated rings. The standard InChI is InChI=1S/C25H28ClFN2O3/c1-25(2)14-31-21-11-16(18-6-4-17(27)12-20(18)26)3-5-19(21)23(25)28-24(30)32-22-13-29-9-7-15(22)8-10-29/h3-6,11-12,15,22-23H,7-10,13-14H2,1-2H3,(H,28,30)/t22-,23?/m1/s1. The Morgan fingerprint density at radius 2 is 2.00 bits per heavy atom. The van der Waals surface area contributed by atoms with E-state index in [4.69, 9.17) is 21.1 Å². The predicted molar refractivity (Wildman–Crippen MR) is 121 cm³/mol. The molecule has 7 heteroatoms. The fourth-order valence-electron chi connectivity index (χ4n) is 5.16. The Balaban J connectivity index is 1.36. The number of hydrogen-bond donors (Lipinski definition) is 1. The number of nitrogens with zero attached hydrogens (tertiary/aromatic N) is 1. The maximum absolute atomic E-state index is 13.4. The van der Waals surface area contributed by atoms with Gasteiger partial charge in [0.1, 0.15) is 17.7 Å². The van der Waals surface area contributed by atoms with Gasteiger partial charge in [-0.2, -0.15) is 0 Å². The molecule has 2 bridgehead atoms. The quantitative estimate of drug-likeness (QED) is 0.666. The highest BCUT2D eigenvalue weighted by molar-refractivity contribution is 6.33. The number of carbonyl (C=O) groups is 1. The summed E-state index contributed by atoms with van der Waals surface area (Å²) in [4.78, 5) is 15.2. The Kier molecular flexibility index (Phi) is 5.54. The van der Waals surface area contributed by atoms with Crippen LogP contribution >= 0.6 is 11.6 Å². The highest BCUT2D eigenvalue weighted by Gasteiger charge is 2.41. The predicted octanol–water partition coefficient (Wildman–Crippen LogP) is 5.43. The van der Waals surface area contributed by atoms with Gasteiger partial charge in [0.15, 0.2) is 0 Å².